The van der Waals surface area contributed by atoms with Crippen LogP contribution in [0.4, 0.5) is 5.69 Å². The molecule has 1 saturated heterocycles. The lowest BCUT2D eigenvalue weighted by Crippen LogP contribution is -2.47. The number of ether oxygens (including phenoxy) is 1. The number of hydrogen-bond acceptors (Lipinski definition) is 6. The van der Waals surface area contributed by atoms with Gasteiger partial charge in [0, 0.05) is 30.8 Å². The van der Waals surface area contributed by atoms with E-state index in [1.807, 2.05) is 44.2 Å². The van der Waals surface area contributed by atoms with E-state index in [2.05, 4.69) is 38.1 Å². The van der Waals surface area contributed by atoms with Gasteiger partial charge in [0.25, 0.3) is 5.91 Å². The second-order valence-corrected chi connectivity index (χ2v) is 10.7. The number of hydrogen-bond donors (Lipinski definition) is 3. The number of allylic oxidation sites excluding steroid dienone is 1. The van der Waals surface area contributed by atoms with Gasteiger partial charge < -0.3 is 25.4 Å². The van der Waals surface area contributed by atoms with Crippen LogP contribution >= 0.6 is 22.6 Å². The number of nitrogens with zero attached hydrogens (tertiary/aromatic N) is 2. The Kier molecular flexibility index (Phi) is 9.71. The summed E-state index contributed by atoms with van der Waals surface area (Å²) < 4.78 is 4.92. The van der Waals surface area contributed by atoms with Gasteiger partial charge in [-0.3, -0.25) is 9.59 Å². The van der Waals surface area contributed by atoms with E-state index in [1.54, 1.807) is 12.1 Å². The predicted molar refractivity (Wildman–Crippen MR) is 143 cm³/mol. The van der Waals surface area contributed by atoms with Crippen molar-refractivity contribution in [2.75, 3.05) is 37.7 Å². The van der Waals surface area contributed by atoms with Gasteiger partial charge in [-0.05, 0) is 48.3 Å². The maximum Gasteiger partial charge on any atom is 0.251 e. The van der Waals surface area contributed by atoms with Crippen LogP contribution in [0.15, 0.2) is 47.6 Å². The Labute approximate surface area is 220 Å². The van der Waals surface area contributed by atoms with E-state index in [-0.39, 0.29) is 18.9 Å². The Morgan fingerprint density at radius 1 is 1.29 bits per heavy atom. The molecule has 3 N–H and O–H groups in total. The number of nitrogens with one attached hydrogen (secondary N) is 2. The van der Waals surface area contributed by atoms with Crippen molar-refractivity contribution in [1.82, 2.24) is 10.6 Å². The molecule has 0 saturated carbocycles. The molecule has 1 aliphatic heterocycles. The molecule has 2 unspecified atom stereocenters. The lowest BCUT2D eigenvalue weighted by molar-refractivity contribution is -0.122. The van der Waals surface area contributed by atoms with Crippen LogP contribution in [-0.2, 0) is 9.53 Å². The molecule has 1 aliphatic carbocycles. The van der Waals surface area contributed by atoms with Gasteiger partial charge >= 0.3 is 0 Å². The van der Waals surface area contributed by atoms with Crippen LogP contribution in [0.3, 0.4) is 0 Å². The average Bonchev–Trinajstić information content (AvgIpc) is 2.89. The molecule has 8 nitrogen and oxygen atoms in total. The molecule has 2 amide bonds. The molecule has 0 radical (unpaired) electrons. The third-order valence-electron chi connectivity index (χ3n) is 6.46. The smallest absolute Gasteiger partial charge is 0.251 e. The average molecular weight is 592 g/mol. The first-order chi connectivity index (χ1) is 16.8. The number of nitriles is 1. The highest BCUT2D eigenvalue weighted by molar-refractivity contribution is 14.1. The van der Waals surface area contributed by atoms with Gasteiger partial charge in [0.15, 0.2) is 0 Å². The number of aliphatic hydroxyl groups excluding tert-OH is 1. The van der Waals surface area contributed by atoms with Gasteiger partial charge in [-0.25, -0.2) is 0 Å². The van der Waals surface area contributed by atoms with Crippen molar-refractivity contribution in [3.05, 3.63) is 53.1 Å². The van der Waals surface area contributed by atoms with Gasteiger partial charge in [-0.2, -0.15) is 5.26 Å². The zero-order valence-corrected chi connectivity index (χ0v) is 22.4. The van der Waals surface area contributed by atoms with E-state index in [0.717, 1.165) is 36.3 Å². The monoisotopic (exact) mass is 592 g/mol. The summed E-state index contributed by atoms with van der Waals surface area (Å²) >= 11 is 2.27. The number of benzene rings is 1. The van der Waals surface area contributed by atoms with Crippen molar-refractivity contribution in [2.45, 2.75) is 48.7 Å². The third kappa shape index (κ3) is 6.84. The molecular formula is C26H33IN4O4. The molecule has 35 heavy (non-hydrogen) atoms. The van der Waals surface area contributed by atoms with Crippen LogP contribution in [-0.4, -0.2) is 65.3 Å². The summed E-state index contributed by atoms with van der Waals surface area (Å²) in [6.07, 6.45) is 5.00. The second kappa shape index (κ2) is 12.5. The van der Waals surface area contributed by atoms with Crippen molar-refractivity contribution < 1.29 is 19.4 Å². The molecule has 3 atom stereocenters. The van der Waals surface area contributed by atoms with Crippen molar-refractivity contribution in [1.29, 1.82) is 5.26 Å². The van der Waals surface area contributed by atoms with Crippen LogP contribution in [0.25, 0.3) is 0 Å². The first kappa shape index (κ1) is 27.2. The molecule has 1 aromatic carbocycles. The molecule has 0 bridgehead atoms. The Morgan fingerprint density at radius 3 is 2.57 bits per heavy atom. The highest BCUT2D eigenvalue weighted by Gasteiger charge is 2.37. The van der Waals surface area contributed by atoms with Gasteiger partial charge in [-0.15, -0.1) is 0 Å². The summed E-state index contributed by atoms with van der Waals surface area (Å²) in [6.45, 7) is 6.84. The number of alkyl halides is 1. The van der Waals surface area contributed by atoms with Crippen LogP contribution < -0.4 is 15.5 Å². The molecular weight excluding hydrogens is 559 g/mol. The Balaban J connectivity index is 1.78. The number of rotatable bonds is 9. The van der Waals surface area contributed by atoms with E-state index in [9.17, 15) is 14.7 Å². The maximum absolute atomic E-state index is 13.1. The lowest BCUT2D eigenvalue weighted by atomic mass is 9.83. The number of morpholine rings is 1. The van der Waals surface area contributed by atoms with Gasteiger partial charge in [-0.1, -0.05) is 48.6 Å². The molecule has 1 fully saturated rings. The fourth-order valence-electron chi connectivity index (χ4n) is 4.34. The van der Waals surface area contributed by atoms with Gasteiger partial charge in [0.1, 0.15) is 12.6 Å². The Bertz CT molecular complexity index is 1010. The first-order valence-electron chi connectivity index (χ1n) is 12.0. The van der Waals surface area contributed by atoms with Crippen LogP contribution in [0.5, 0.6) is 0 Å². The number of amides is 2. The van der Waals surface area contributed by atoms with Crippen LogP contribution in [0, 0.1) is 11.3 Å². The number of anilines is 1. The van der Waals surface area contributed by atoms with Gasteiger partial charge in [0.2, 0.25) is 5.91 Å². The largest absolute Gasteiger partial charge is 0.387 e. The molecule has 0 aromatic heterocycles. The normalized spacial score (nSPS) is 22.9. The summed E-state index contributed by atoms with van der Waals surface area (Å²) in [5, 5.41) is 25.1. The van der Waals surface area contributed by atoms with E-state index in [0.29, 0.717) is 25.2 Å². The Morgan fingerprint density at radius 2 is 1.97 bits per heavy atom. The van der Waals surface area contributed by atoms with E-state index in [4.69, 9.17) is 10.00 Å². The van der Waals surface area contributed by atoms with Crippen molar-refractivity contribution in [3.8, 4) is 6.07 Å². The zero-order valence-electron chi connectivity index (χ0n) is 20.2. The molecule has 3 rings (SSSR count). The molecule has 1 aromatic rings. The van der Waals surface area contributed by atoms with Crippen molar-refractivity contribution in [3.63, 3.8) is 0 Å². The summed E-state index contributed by atoms with van der Waals surface area (Å²) in [5.74, 6) is -0.776. The summed E-state index contributed by atoms with van der Waals surface area (Å²) in [4.78, 5) is 28.1. The molecule has 188 valence electrons. The number of aliphatic hydroxyl groups is 1. The highest BCUT2D eigenvalue weighted by Crippen LogP contribution is 2.39. The first-order valence-corrected chi connectivity index (χ1v) is 13.1. The predicted octanol–water partition coefficient (Wildman–Crippen LogP) is 2.87. The highest BCUT2D eigenvalue weighted by atomic mass is 127. The van der Waals surface area contributed by atoms with E-state index >= 15 is 0 Å². The quantitative estimate of drug-likeness (QED) is 0.231. The van der Waals surface area contributed by atoms with Crippen molar-refractivity contribution >= 4 is 40.1 Å². The SMILES string of the molecule is CCC1=CC(C[C@H](NC(=O)c2ccc(N3CCOCC3)cc2)C(=O)NCC#N)=CC(I)(CC)C1O. The van der Waals surface area contributed by atoms with Crippen molar-refractivity contribution in [2.24, 2.45) is 0 Å². The summed E-state index contributed by atoms with van der Waals surface area (Å²) in [5.41, 5.74) is 3.26. The number of carbonyl (C=O) groups is 2. The molecule has 9 heteroatoms. The van der Waals surface area contributed by atoms with E-state index in [1.165, 1.54) is 0 Å². The minimum Gasteiger partial charge on any atom is -0.387 e. The number of halogens is 1. The molecule has 0 spiro atoms. The van der Waals surface area contributed by atoms with Crippen LogP contribution in [0.1, 0.15) is 43.5 Å². The maximum atomic E-state index is 13.1. The van der Waals surface area contributed by atoms with Crippen LogP contribution in [0.2, 0.25) is 0 Å². The zero-order chi connectivity index (χ0) is 25.4. The van der Waals surface area contributed by atoms with E-state index < -0.39 is 21.5 Å². The minimum absolute atomic E-state index is 0.140. The molecule has 1 heterocycles. The second-order valence-electron chi connectivity index (χ2n) is 8.73. The standard InChI is InChI=1S/C26H33IN4O4/c1-3-19-15-18(17-26(27,4-2)23(19)32)16-22(25(34)29-10-9-28)30-24(33)20-5-7-21(8-6-20)31-11-13-35-14-12-31/h5-8,15,17,22-23,32H,3-4,10-14,16H2,1-2H3,(H,29,34)(H,30,33)/t22-,23?,26?/m0/s1. The lowest BCUT2D eigenvalue weighted by Gasteiger charge is -2.35. The third-order valence-corrected chi connectivity index (χ3v) is 8.13. The van der Waals surface area contributed by atoms with Gasteiger partial charge in [0.05, 0.1) is 28.8 Å². The molecule has 2 aliphatic rings. The minimum atomic E-state index is -0.858. The summed E-state index contributed by atoms with van der Waals surface area (Å²) in [6, 6.07) is 8.35. The topological polar surface area (TPSA) is 115 Å². The fraction of sp³-hybridized carbons (Fsp3) is 0.500. The fourth-order valence-corrected chi connectivity index (χ4v) is 5.14. The summed E-state index contributed by atoms with van der Waals surface area (Å²) in [7, 11) is 0. The number of carbonyl (C=O) groups excluding carboxylic acids is 2. The Hall–Kier alpha value is -2.42.